The van der Waals surface area contributed by atoms with Crippen LogP contribution in [0.15, 0.2) is 60.7 Å². The summed E-state index contributed by atoms with van der Waals surface area (Å²) in [4.78, 5) is 23.6. The first kappa shape index (κ1) is 28.1. The molecule has 6 N–H and O–H groups in total. The van der Waals surface area contributed by atoms with Crippen molar-refractivity contribution in [2.75, 3.05) is 13.1 Å². The van der Waals surface area contributed by atoms with Crippen molar-refractivity contribution in [3.63, 3.8) is 0 Å². The average molecular weight is 488 g/mol. The van der Waals surface area contributed by atoms with Crippen LogP contribution in [-0.2, 0) is 17.6 Å². The molecule has 35 heavy (non-hydrogen) atoms. The van der Waals surface area contributed by atoms with E-state index in [-0.39, 0.29) is 13.1 Å². The summed E-state index contributed by atoms with van der Waals surface area (Å²) in [5, 5.41) is 38.7. The molecule has 1 unspecified atom stereocenters. The second kappa shape index (κ2) is 13.7. The number of amides is 2. The molecule has 192 valence electrons. The largest absolute Gasteiger partial charge is 0.465 e. The van der Waals surface area contributed by atoms with Gasteiger partial charge in [0.15, 0.2) is 0 Å². The number of nitrogens with one attached hydrogen (secondary N) is 3. The Bertz CT molecular complexity index is 904. The molecule has 9 nitrogen and oxygen atoms in total. The molecule has 0 aliphatic heterocycles. The summed E-state index contributed by atoms with van der Waals surface area (Å²) in [7, 11) is 0. The van der Waals surface area contributed by atoms with Gasteiger partial charge in [0.1, 0.15) is 5.60 Å². The molecule has 0 radical (unpaired) electrons. The minimum absolute atomic E-state index is 0.0410. The minimum atomic E-state index is -1.23. The molecule has 2 rings (SSSR count). The van der Waals surface area contributed by atoms with Gasteiger partial charge in [0, 0.05) is 13.1 Å². The maximum Gasteiger partial charge on any atom is 0.407 e. The van der Waals surface area contributed by atoms with Crippen molar-refractivity contribution < 1.29 is 29.6 Å². The van der Waals surface area contributed by atoms with Crippen LogP contribution in [0.2, 0.25) is 0 Å². The van der Waals surface area contributed by atoms with E-state index < -0.39 is 42.1 Å². The van der Waals surface area contributed by atoms with E-state index in [0.717, 1.165) is 11.1 Å². The molecule has 2 amide bonds. The fourth-order valence-electron chi connectivity index (χ4n) is 3.58. The predicted octanol–water partition coefficient (Wildman–Crippen LogP) is 2.31. The summed E-state index contributed by atoms with van der Waals surface area (Å²) < 4.78 is 5.34. The van der Waals surface area contributed by atoms with Gasteiger partial charge in [0.25, 0.3) is 0 Å². The van der Waals surface area contributed by atoms with Gasteiger partial charge >= 0.3 is 12.2 Å². The number of carbonyl (C=O) groups is 2. The molecule has 4 atom stereocenters. The molecule has 0 spiro atoms. The SMILES string of the molecule is CC(C)(C)OC(=O)N[C@H](Cc1ccccc1)C(O)CNC[C@@H](O)[C@H](Cc1ccccc1)NC(=O)O. The van der Waals surface area contributed by atoms with E-state index in [4.69, 9.17) is 9.84 Å². The first-order valence-corrected chi connectivity index (χ1v) is 11.7. The lowest BCUT2D eigenvalue weighted by Crippen LogP contribution is -2.52. The van der Waals surface area contributed by atoms with Crippen molar-refractivity contribution in [3.05, 3.63) is 71.8 Å². The van der Waals surface area contributed by atoms with Gasteiger partial charge in [-0.3, -0.25) is 0 Å². The highest BCUT2D eigenvalue weighted by atomic mass is 16.6. The third-order valence-electron chi connectivity index (χ3n) is 5.24. The van der Waals surface area contributed by atoms with Crippen LogP contribution in [0.5, 0.6) is 0 Å². The summed E-state index contributed by atoms with van der Waals surface area (Å²) in [5.74, 6) is 0. The standard InChI is InChI=1S/C26H37N3O6/c1-26(2,3)35-25(34)29-21(15-19-12-8-5-9-13-19)23(31)17-27-16-22(30)20(28-24(32)33)14-18-10-6-4-7-11-18/h4-13,20-23,27-28,30-31H,14-17H2,1-3H3,(H,29,34)(H,32,33)/t20-,21+,22+,23?/m0/s1. The molecule has 0 bridgehead atoms. The van der Waals surface area contributed by atoms with Gasteiger partial charge in [0.2, 0.25) is 0 Å². The van der Waals surface area contributed by atoms with Crippen LogP contribution in [0.25, 0.3) is 0 Å². The van der Waals surface area contributed by atoms with Gasteiger partial charge in [-0.2, -0.15) is 0 Å². The molecule has 9 heteroatoms. The molecule has 0 saturated heterocycles. The van der Waals surface area contributed by atoms with Crippen molar-refractivity contribution >= 4 is 12.2 Å². The molecule has 0 saturated carbocycles. The molecule has 0 aliphatic rings. The minimum Gasteiger partial charge on any atom is -0.465 e. The van der Waals surface area contributed by atoms with Gasteiger partial charge in [-0.25, -0.2) is 9.59 Å². The van der Waals surface area contributed by atoms with Crippen LogP contribution in [-0.4, -0.2) is 70.5 Å². The summed E-state index contributed by atoms with van der Waals surface area (Å²) in [6, 6.07) is 17.3. The number of rotatable bonds is 12. The van der Waals surface area contributed by atoms with E-state index in [9.17, 15) is 19.8 Å². The number of ether oxygens (including phenoxy) is 1. The summed E-state index contributed by atoms with van der Waals surface area (Å²) >= 11 is 0. The second-order valence-electron chi connectivity index (χ2n) is 9.48. The Morgan fingerprint density at radius 3 is 1.63 bits per heavy atom. The van der Waals surface area contributed by atoms with Gasteiger partial charge in [-0.05, 0) is 44.7 Å². The number of carboxylic acid groups (broad SMARTS) is 1. The fourth-order valence-corrected chi connectivity index (χ4v) is 3.58. The number of aliphatic hydroxyl groups is 2. The topological polar surface area (TPSA) is 140 Å². The van der Waals surface area contributed by atoms with Crippen molar-refractivity contribution in [1.29, 1.82) is 0 Å². The first-order valence-electron chi connectivity index (χ1n) is 11.7. The lowest BCUT2D eigenvalue weighted by atomic mass is 10.00. The zero-order valence-corrected chi connectivity index (χ0v) is 20.5. The molecule has 2 aromatic rings. The number of hydrogen-bond donors (Lipinski definition) is 6. The van der Waals surface area contributed by atoms with E-state index in [0.29, 0.717) is 12.8 Å². The zero-order valence-electron chi connectivity index (χ0n) is 20.5. The Labute approximate surface area is 206 Å². The molecule has 0 heterocycles. The third kappa shape index (κ3) is 11.2. The normalized spacial score (nSPS) is 14.9. The van der Waals surface area contributed by atoms with Crippen molar-refractivity contribution in [3.8, 4) is 0 Å². The van der Waals surface area contributed by atoms with Gasteiger partial charge < -0.3 is 36.0 Å². The fraction of sp³-hybridized carbons (Fsp3) is 0.462. The quantitative estimate of drug-likeness (QED) is 0.270. The predicted molar refractivity (Wildman–Crippen MR) is 133 cm³/mol. The average Bonchev–Trinajstić information content (AvgIpc) is 2.78. The molecule has 0 aromatic heterocycles. The molecule has 0 fully saturated rings. The van der Waals surface area contributed by atoms with Crippen molar-refractivity contribution in [2.45, 2.75) is 63.5 Å². The smallest absolute Gasteiger partial charge is 0.407 e. The van der Waals surface area contributed by atoms with Crippen LogP contribution < -0.4 is 16.0 Å². The maximum atomic E-state index is 12.3. The third-order valence-corrected chi connectivity index (χ3v) is 5.24. The molecule has 2 aromatic carbocycles. The number of hydrogen-bond acceptors (Lipinski definition) is 6. The number of carbonyl (C=O) groups excluding carboxylic acids is 1. The number of alkyl carbamates (subject to hydrolysis) is 1. The van der Waals surface area contributed by atoms with Gasteiger partial charge in [0.05, 0.1) is 24.3 Å². The molecule has 0 aliphatic carbocycles. The van der Waals surface area contributed by atoms with E-state index in [1.54, 1.807) is 20.8 Å². The van der Waals surface area contributed by atoms with E-state index in [1.165, 1.54) is 0 Å². The summed E-state index contributed by atoms with van der Waals surface area (Å²) in [5.41, 5.74) is 1.13. The van der Waals surface area contributed by atoms with Crippen molar-refractivity contribution in [2.24, 2.45) is 0 Å². The highest BCUT2D eigenvalue weighted by Crippen LogP contribution is 2.11. The van der Waals surface area contributed by atoms with Crippen LogP contribution >= 0.6 is 0 Å². The summed E-state index contributed by atoms with van der Waals surface area (Å²) in [6.45, 7) is 5.38. The lowest BCUT2D eigenvalue weighted by molar-refractivity contribution is 0.0416. The first-order chi connectivity index (χ1) is 16.5. The Balaban J connectivity index is 1.97. The molecular weight excluding hydrogens is 450 g/mol. The summed E-state index contributed by atoms with van der Waals surface area (Å²) in [6.07, 6.45) is -3.20. The van der Waals surface area contributed by atoms with Crippen LogP contribution in [0, 0.1) is 0 Å². The lowest BCUT2D eigenvalue weighted by Gasteiger charge is -2.28. The second-order valence-corrected chi connectivity index (χ2v) is 9.48. The Morgan fingerprint density at radius 2 is 1.23 bits per heavy atom. The zero-order chi connectivity index (χ0) is 25.8. The van der Waals surface area contributed by atoms with Gasteiger partial charge in [-0.1, -0.05) is 60.7 Å². The maximum absolute atomic E-state index is 12.3. The van der Waals surface area contributed by atoms with E-state index in [1.807, 2.05) is 60.7 Å². The Hall–Kier alpha value is -3.14. The van der Waals surface area contributed by atoms with E-state index >= 15 is 0 Å². The van der Waals surface area contributed by atoms with E-state index in [2.05, 4.69) is 16.0 Å². The molecular formula is C26H37N3O6. The monoisotopic (exact) mass is 487 g/mol. The van der Waals surface area contributed by atoms with Crippen LogP contribution in [0.4, 0.5) is 9.59 Å². The number of aliphatic hydroxyl groups excluding tert-OH is 2. The van der Waals surface area contributed by atoms with Gasteiger partial charge in [-0.15, -0.1) is 0 Å². The Morgan fingerprint density at radius 1 is 0.800 bits per heavy atom. The van der Waals surface area contributed by atoms with Crippen molar-refractivity contribution in [1.82, 2.24) is 16.0 Å². The van der Waals surface area contributed by atoms with Crippen LogP contribution in [0.3, 0.4) is 0 Å². The Kier molecular flexibility index (Phi) is 11.0. The number of benzene rings is 2. The highest BCUT2D eigenvalue weighted by molar-refractivity contribution is 5.68. The van der Waals surface area contributed by atoms with Crippen LogP contribution in [0.1, 0.15) is 31.9 Å². The highest BCUT2D eigenvalue weighted by Gasteiger charge is 2.26.